The second-order valence-electron chi connectivity index (χ2n) is 7.41. The molecule has 4 aromatic rings. The van der Waals surface area contributed by atoms with E-state index in [2.05, 4.69) is 6.07 Å². The van der Waals surface area contributed by atoms with E-state index >= 15 is 0 Å². The Kier molecular flexibility index (Phi) is 4.97. The van der Waals surface area contributed by atoms with Crippen LogP contribution in [0.1, 0.15) is 12.0 Å². The number of aryl methyl sites for hydroxylation is 1. The summed E-state index contributed by atoms with van der Waals surface area (Å²) in [6.45, 7) is 0.905. The molecule has 0 saturated heterocycles. The van der Waals surface area contributed by atoms with E-state index in [0.29, 0.717) is 15.9 Å². The highest BCUT2D eigenvalue weighted by Crippen LogP contribution is 2.33. The van der Waals surface area contributed by atoms with Crippen molar-refractivity contribution in [3.8, 4) is 11.4 Å². The maximum atomic E-state index is 13.4. The largest absolute Gasteiger partial charge is 0.314 e. The van der Waals surface area contributed by atoms with Gasteiger partial charge in [-0.15, -0.1) is 0 Å². The van der Waals surface area contributed by atoms with Gasteiger partial charge in [0.2, 0.25) is 5.91 Å². The molecular formula is C24H19Cl2N3O. The molecule has 1 aromatic heterocycles. The van der Waals surface area contributed by atoms with Crippen LogP contribution in [0, 0.1) is 0 Å². The number of nitrogens with zero attached hydrogens (tertiary/aromatic N) is 3. The zero-order chi connectivity index (χ0) is 20.7. The average molecular weight is 436 g/mol. The molecule has 0 saturated carbocycles. The molecule has 30 heavy (non-hydrogen) atoms. The Balaban J connectivity index is 1.58. The molecule has 4 nitrogen and oxygen atoms in total. The Hall–Kier alpha value is -2.82. The fourth-order valence-corrected chi connectivity index (χ4v) is 4.62. The topological polar surface area (TPSA) is 38.1 Å². The summed E-state index contributed by atoms with van der Waals surface area (Å²) in [5.74, 6) is 0.702. The van der Waals surface area contributed by atoms with Gasteiger partial charge in [0.05, 0.1) is 16.1 Å². The monoisotopic (exact) mass is 435 g/mol. The van der Waals surface area contributed by atoms with Crippen LogP contribution in [-0.4, -0.2) is 22.0 Å². The molecular weight excluding hydrogens is 417 g/mol. The number of imidazole rings is 1. The predicted molar refractivity (Wildman–Crippen MR) is 122 cm³/mol. The van der Waals surface area contributed by atoms with Crippen LogP contribution in [0.2, 0.25) is 10.0 Å². The number of benzene rings is 3. The lowest BCUT2D eigenvalue weighted by Gasteiger charge is -2.30. The number of para-hydroxylation sites is 3. The molecule has 0 unspecified atom stereocenters. The van der Waals surface area contributed by atoms with E-state index in [0.717, 1.165) is 41.7 Å². The van der Waals surface area contributed by atoms with Gasteiger partial charge in [0, 0.05) is 22.8 Å². The molecule has 2 heterocycles. The molecule has 150 valence electrons. The number of amides is 1. The summed E-state index contributed by atoms with van der Waals surface area (Å²) in [5, 5.41) is 1.07. The first-order chi connectivity index (χ1) is 14.6. The lowest BCUT2D eigenvalue weighted by atomic mass is 10.0. The van der Waals surface area contributed by atoms with Gasteiger partial charge in [-0.2, -0.15) is 0 Å². The first-order valence-electron chi connectivity index (χ1n) is 9.91. The Morgan fingerprint density at radius 1 is 1.00 bits per heavy atom. The number of carbonyl (C=O) groups excluding carboxylic acids is 1. The fraction of sp³-hybridized carbons (Fsp3) is 0.167. The first kappa shape index (κ1) is 19.2. The molecule has 0 spiro atoms. The van der Waals surface area contributed by atoms with Crippen molar-refractivity contribution < 1.29 is 4.79 Å². The molecule has 0 fully saturated rings. The normalized spacial score (nSPS) is 13.5. The van der Waals surface area contributed by atoms with E-state index in [9.17, 15) is 4.79 Å². The van der Waals surface area contributed by atoms with Crippen molar-refractivity contribution in [3.63, 3.8) is 0 Å². The van der Waals surface area contributed by atoms with Crippen LogP contribution >= 0.6 is 23.2 Å². The maximum Gasteiger partial charge on any atom is 0.247 e. The van der Waals surface area contributed by atoms with Crippen LogP contribution in [0.4, 0.5) is 5.69 Å². The van der Waals surface area contributed by atoms with Crippen molar-refractivity contribution in [2.75, 3.05) is 11.4 Å². The van der Waals surface area contributed by atoms with E-state index in [-0.39, 0.29) is 12.5 Å². The Labute approximate surface area is 184 Å². The van der Waals surface area contributed by atoms with E-state index in [4.69, 9.17) is 28.2 Å². The number of hydrogen-bond acceptors (Lipinski definition) is 2. The third-order valence-electron chi connectivity index (χ3n) is 5.53. The van der Waals surface area contributed by atoms with Gasteiger partial charge in [0.25, 0.3) is 0 Å². The van der Waals surface area contributed by atoms with Gasteiger partial charge in [-0.05, 0) is 54.8 Å². The van der Waals surface area contributed by atoms with Gasteiger partial charge in [0.1, 0.15) is 12.4 Å². The highest BCUT2D eigenvalue weighted by Gasteiger charge is 2.24. The van der Waals surface area contributed by atoms with Gasteiger partial charge in [-0.1, -0.05) is 53.5 Å². The Morgan fingerprint density at radius 2 is 1.80 bits per heavy atom. The molecule has 5 rings (SSSR count). The van der Waals surface area contributed by atoms with Crippen LogP contribution in [0.5, 0.6) is 0 Å². The Bertz CT molecular complexity index is 1260. The molecule has 6 heteroatoms. The summed E-state index contributed by atoms with van der Waals surface area (Å²) >= 11 is 12.6. The molecule has 0 radical (unpaired) electrons. The van der Waals surface area contributed by atoms with Crippen molar-refractivity contribution >= 4 is 45.8 Å². The van der Waals surface area contributed by atoms with Crippen LogP contribution in [0.15, 0.2) is 66.7 Å². The molecule has 0 bridgehead atoms. The summed E-state index contributed by atoms with van der Waals surface area (Å²) in [7, 11) is 0. The summed E-state index contributed by atoms with van der Waals surface area (Å²) in [4.78, 5) is 20.1. The van der Waals surface area contributed by atoms with Crippen LogP contribution in [0.3, 0.4) is 0 Å². The Morgan fingerprint density at radius 3 is 2.67 bits per heavy atom. The number of rotatable bonds is 3. The molecule has 1 aliphatic heterocycles. The zero-order valence-corrected chi connectivity index (χ0v) is 17.7. The third kappa shape index (κ3) is 3.36. The van der Waals surface area contributed by atoms with Crippen molar-refractivity contribution in [1.29, 1.82) is 0 Å². The van der Waals surface area contributed by atoms with Gasteiger partial charge < -0.3 is 9.47 Å². The smallest absolute Gasteiger partial charge is 0.247 e. The maximum absolute atomic E-state index is 13.4. The molecule has 0 aliphatic carbocycles. The number of anilines is 1. The van der Waals surface area contributed by atoms with E-state index in [1.807, 2.05) is 58.0 Å². The highest BCUT2D eigenvalue weighted by molar-refractivity contribution is 6.36. The minimum Gasteiger partial charge on any atom is -0.314 e. The zero-order valence-electron chi connectivity index (χ0n) is 16.2. The minimum absolute atomic E-state index is 0.0386. The van der Waals surface area contributed by atoms with Gasteiger partial charge in [0.15, 0.2) is 0 Å². The second kappa shape index (κ2) is 7.78. The number of hydrogen-bond donors (Lipinski definition) is 0. The quantitative estimate of drug-likeness (QED) is 0.396. The van der Waals surface area contributed by atoms with Gasteiger partial charge >= 0.3 is 0 Å². The number of aromatic nitrogens is 2. The van der Waals surface area contributed by atoms with E-state index < -0.39 is 0 Å². The van der Waals surface area contributed by atoms with Crippen LogP contribution in [0.25, 0.3) is 22.4 Å². The van der Waals surface area contributed by atoms with Crippen molar-refractivity contribution in [1.82, 2.24) is 9.55 Å². The van der Waals surface area contributed by atoms with E-state index in [1.54, 1.807) is 12.1 Å². The van der Waals surface area contributed by atoms with Gasteiger partial charge in [-0.3, -0.25) is 4.79 Å². The molecule has 1 amide bonds. The lowest BCUT2D eigenvalue weighted by Crippen LogP contribution is -2.37. The lowest BCUT2D eigenvalue weighted by molar-refractivity contribution is -0.119. The summed E-state index contributed by atoms with van der Waals surface area (Å²) in [5.41, 5.74) is 4.70. The van der Waals surface area contributed by atoms with Crippen LogP contribution in [-0.2, 0) is 17.8 Å². The van der Waals surface area contributed by atoms with Crippen molar-refractivity contribution in [2.24, 2.45) is 0 Å². The number of halogens is 2. The standard InChI is InChI=1S/C24H19Cl2N3O/c25-17-11-12-18(19(26)14-17)24-27-20-8-2-4-10-22(20)29(24)15-23(30)28-13-5-7-16-6-1-3-9-21(16)28/h1-4,6,8-12,14H,5,7,13,15H2. The molecule has 0 N–H and O–H groups in total. The number of carbonyl (C=O) groups is 1. The fourth-order valence-electron chi connectivity index (χ4n) is 4.13. The second-order valence-corrected chi connectivity index (χ2v) is 8.26. The minimum atomic E-state index is 0.0386. The SMILES string of the molecule is O=C(Cn1c(-c2ccc(Cl)cc2Cl)nc2ccccc21)N1CCCc2ccccc21. The summed E-state index contributed by atoms with van der Waals surface area (Å²) < 4.78 is 1.95. The van der Waals surface area contributed by atoms with Gasteiger partial charge in [-0.25, -0.2) is 4.98 Å². The predicted octanol–water partition coefficient (Wildman–Crippen LogP) is 5.99. The van der Waals surface area contributed by atoms with E-state index in [1.165, 1.54) is 5.56 Å². The van der Waals surface area contributed by atoms with Crippen molar-refractivity contribution in [3.05, 3.63) is 82.3 Å². The highest BCUT2D eigenvalue weighted by atomic mass is 35.5. The first-order valence-corrected chi connectivity index (χ1v) is 10.7. The molecule has 3 aromatic carbocycles. The molecule has 0 atom stereocenters. The third-order valence-corrected chi connectivity index (χ3v) is 6.08. The molecule has 1 aliphatic rings. The van der Waals surface area contributed by atoms with Crippen LogP contribution < -0.4 is 4.90 Å². The summed E-state index contributed by atoms with van der Waals surface area (Å²) in [6, 6.07) is 21.3. The average Bonchev–Trinajstić information content (AvgIpc) is 3.11. The summed E-state index contributed by atoms with van der Waals surface area (Å²) in [6.07, 6.45) is 1.96. The van der Waals surface area contributed by atoms with Crippen molar-refractivity contribution in [2.45, 2.75) is 19.4 Å². The number of fused-ring (bicyclic) bond motifs is 2.